The van der Waals surface area contributed by atoms with Crippen LogP contribution in [0.5, 0.6) is 0 Å². The number of carbonyl (C=O) groups excluding carboxylic acids is 1. The Morgan fingerprint density at radius 2 is 1.62 bits per heavy atom. The molecular formula is C23H22ClF2NO2. The largest absolute Gasteiger partial charge is 0.509 e. The average Bonchev–Trinajstić information content (AvgIpc) is 2.90. The van der Waals surface area contributed by atoms with Crippen LogP contribution in [-0.2, 0) is 4.79 Å². The van der Waals surface area contributed by atoms with E-state index in [0.29, 0.717) is 10.6 Å². The molecule has 0 atom stereocenters. The van der Waals surface area contributed by atoms with Gasteiger partial charge in [0.1, 0.15) is 5.76 Å². The smallest absolute Gasteiger partial charge is 0.256 e. The van der Waals surface area contributed by atoms with Crippen LogP contribution in [-0.4, -0.2) is 22.5 Å². The van der Waals surface area contributed by atoms with Gasteiger partial charge < -0.3 is 10.4 Å². The Morgan fingerprint density at radius 1 is 1.00 bits per heavy atom. The number of halogens is 3. The molecule has 1 aliphatic carbocycles. The van der Waals surface area contributed by atoms with Gasteiger partial charge in [0.2, 0.25) is 5.92 Å². The van der Waals surface area contributed by atoms with E-state index < -0.39 is 17.4 Å². The molecule has 29 heavy (non-hydrogen) atoms. The van der Waals surface area contributed by atoms with Crippen LogP contribution in [0.1, 0.15) is 42.4 Å². The van der Waals surface area contributed by atoms with E-state index in [1.54, 1.807) is 12.1 Å². The Bertz CT molecular complexity index is 1020. The first-order valence-electron chi connectivity index (χ1n) is 9.64. The van der Waals surface area contributed by atoms with E-state index in [0.717, 1.165) is 22.3 Å². The van der Waals surface area contributed by atoms with E-state index in [1.807, 2.05) is 38.1 Å². The normalized spacial score (nSPS) is 20.2. The summed E-state index contributed by atoms with van der Waals surface area (Å²) in [6, 6.07) is 11.3. The highest BCUT2D eigenvalue weighted by Crippen LogP contribution is 2.47. The van der Waals surface area contributed by atoms with E-state index in [2.05, 4.69) is 5.32 Å². The van der Waals surface area contributed by atoms with Crippen molar-refractivity contribution in [2.24, 2.45) is 0 Å². The summed E-state index contributed by atoms with van der Waals surface area (Å²) in [5, 5.41) is 14.5. The van der Waals surface area contributed by atoms with Gasteiger partial charge in [-0.25, -0.2) is 8.78 Å². The van der Waals surface area contributed by atoms with Crippen LogP contribution in [0.3, 0.4) is 0 Å². The third kappa shape index (κ3) is 3.31. The minimum absolute atomic E-state index is 0.0239. The van der Waals surface area contributed by atoms with Gasteiger partial charge in [-0.3, -0.25) is 4.79 Å². The van der Waals surface area contributed by atoms with Gasteiger partial charge in [-0.1, -0.05) is 35.9 Å². The Kier molecular flexibility index (Phi) is 4.69. The number of aryl methyl sites for hydroxylation is 1. The minimum Gasteiger partial charge on any atom is -0.509 e. The summed E-state index contributed by atoms with van der Waals surface area (Å²) in [4.78, 5) is 12.9. The fraction of sp³-hybridized carbons (Fsp3) is 0.348. The number of nitrogens with one attached hydrogen (secondary N) is 1. The number of rotatable bonds is 2. The fourth-order valence-corrected chi connectivity index (χ4v) is 4.62. The Morgan fingerprint density at radius 3 is 2.24 bits per heavy atom. The summed E-state index contributed by atoms with van der Waals surface area (Å²) >= 11 is 5.99. The number of carbonyl (C=O) groups is 1. The molecule has 1 saturated carbocycles. The van der Waals surface area contributed by atoms with E-state index in [4.69, 9.17) is 11.6 Å². The van der Waals surface area contributed by atoms with Crippen LogP contribution in [0, 0.1) is 13.8 Å². The second kappa shape index (κ2) is 6.84. The number of benzene rings is 2. The number of hydrogen-bond donors (Lipinski definition) is 2. The molecule has 0 unspecified atom stereocenters. The van der Waals surface area contributed by atoms with Crippen molar-refractivity contribution in [3.63, 3.8) is 0 Å². The third-order valence-corrected chi connectivity index (χ3v) is 6.44. The average molecular weight is 418 g/mol. The lowest BCUT2D eigenvalue weighted by Crippen LogP contribution is -2.49. The summed E-state index contributed by atoms with van der Waals surface area (Å²) in [7, 11) is 0. The van der Waals surface area contributed by atoms with E-state index in [-0.39, 0.29) is 37.0 Å². The number of aliphatic hydroxyl groups excluding tert-OH is 1. The number of aliphatic hydroxyl groups is 1. The SMILES string of the molecule is Cc1ccc(-c2ccc(Cl)cc2)c(C)c1C1=C(O)C2(CCC(F)(F)CC2)NC1=O. The molecule has 0 aromatic heterocycles. The molecule has 2 N–H and O–H groups in total. The molecule has 1 heterocycles. The van der Waals surface area contributed by atoms with Crippen LogP contribution in [0.2, 0.25) is 5.02 Å². The van der Waals surface area contributed by atoms with Crippen LogP contribution in [0.4, 0.5) is 8.78 Å². The minimum atomic E-state index is -2.75. The topological polar surface area (TPSA) is 49.3 Å². The fourth-order valence-electron chi connectivity index (χ4n) is 4.50. The predicted octanol–water partition coefficient (Wildman–Crippen LogP) is 5.97. The second-order valence-electron chi connectivity index (χ2n) is 8.05. The van der Waals surface area contributed by atoms with Crippen LogP contribution < -0.4 is 5.32 Å². The van der Waals surface area contributed by atoms with Gasteiger partial charge >= 0.3 is 0 Å². The molecule has 3 nitrogen and oxygen atoms in total. The Labute approximate surface area is 173 Å². The van der Waals surface area contributed by atoms with Gasteiger partial charge in [-0.05, 0) is 66.6 Å². The Hall–Kier alpha value is -2.40. The molecule has 6 heteroatoms. The monoisotopic (exact) mass is 417 g/mol. The highest BCUT2D eigenvalue weighted by molar-refractivity contribution is 6.30. The summed E-state index contributed by atoms with van der Waals surface area (Å²) in [6.07, 6.45) is -0.660. The lowest BCUT2D eigenvalue weighted by molar-refractivity contribution is -0.117. The van der Waals surface area contributed by atoms with Crippen molar-refractivity contribution in [3.05, 3.63) is 63.9 Å². The molecule has 0 bridgehead atoms. The molecule has 2 aromatic carbocycles. The van der Waals surface area contributed by atoms with Crippen LogP contribution in [0.25, 0.3) is 16.7 Å². The van der Waals surface area contributed by atoms with Crippen molar-refractivity contribution in [2.45, 2.75) is 51.0 Å². The van der Waals surface area contributed by atoms with Crippen molar-refractivity contribution in [2.75, 3.05) is 0 Å². The highest BCUT2D eigenvalue weighted by atomic mass is 35.5. The van der Waals surface area contributed by atoms with E-state index >= 15 is 0 Å². The standard InChI is InChI=1S/C23H22ClF2NO2/c1-13-3-8-17(15-4-6-16(24)7-5-15)14(2)18(13)19-20(28)22(27-21(19)29)9-11-23(25,26)12-10-22/h3-8,28H,9-12H2,1-2H3,(H,27,29). The zero-order valence-electron chi connectivity index (χ0n) is 16.3. The van der Waals surface area contributed by atoms with Gasteiger partial charge in [0, 0.05) is 17.9 Å². The molecule has 1 fully saturated rings. The van der Waals surface area contributed by atoms with Crippen LogP contribution >= 0.6 is 11.6 Å². The summed E-state index contributed by atoms with van der Waals surface area (Å²) in [5.41, 5.74) is 3.31. The molecule has 0 saturated heterocycles. The summed E-state index contributed by atoms with van der Waals surface area (Å²) in [6.45, 7) is 3.78. The quantitative estimate of drug-likeness (QED) is 0.632. The van der Waals surface area contributed by atoms with Crippen LogP contribution in [0.15, 0.2) is 42.2 Å². The van der Waals surface area contributed by atoms with E-state index in [9.17, 15) is 18.7 Å². The maximum absolute atomic E-state index is 13.7. The highest BCUT2D eigenvalue weighted by Gasteiger charge is 2.52. The molecule has 2 aliphatic rings. The number of hydrogen-bond acceptors (Lipinski definition) is 2. The Balaban J connectivity index is 1.83. The zero-order chi connectivity index (χ0) is 21.0. The van der Waals surface area contributed by atoms with Crippen molar-refractivity contribution >= 4 is 23.1 Å². The molecule has 0 radical (unpaired) electrons. The molecule has 1 amide bonds. The first-order valence-corrected chi connectivity index (χ1v) is 10.0. The van der Waals surface area contributed by atoms with Gasteiger partial charge in [-0.2, -0.15) is 0 Å². The molecule has 1 aliphatic heterocycles. The number of alkyl halides is 2. The van der Waals surface area contributed by atoms with Crippen molar-refractivity contribution in [3.8, 4) is 11.1 Å². The van der Waals surface area contributed by atoms with Gasteiger partial charge in [0.15, 0.2) is 0 Å². The van der Waals surface area contributed by atoms with Crippen molar-refractivity contribution < 1.29 is 18.7 Å². The summed E-state index contributed by atoms with van der Waals surface area (Å²) in [5.74, 6) is -3.27. The second-order valence-corrected chi connectivity index (χ2v) is 8.49. The molecular weight excluding hydrogens is 396 g/mol. The van der Waals surface area contributed by atoms with E-state index in [1.165, 1.54) is 0 Å². The number of amides is 1. The zero-order valence-corrected chi connectivity index (χ0v) is 17.0. The first kappa shape index (κ1) is 19.9. The van der Waals surface area contributed by atoms with Gasteiger partial charge in [0.05, 0.1) is 11.1 Å². The molecule has 4 rings (SSSR count). The maximum atomic E-state index is 13.7. The maximum Gasteiger partial charge on any atom is 0.256 e. The predicted molar refractivity (Wildman–Crippen MR) is 110 cm³/mol. The van der Waals surface area contributed by atoms with Crippen molar-refractivity contribution in [1.82, 2.24) is 5.32 Å². The molecule has 2 aromatic rings. The van der Waals surface area contributed by atoms with Gasteiger partial charge in [0.25, 0.3) is 5.91 Å². The van der Waals surface area contributed by atoms with Crippen molar-refractivity contribution in [1.29, 1.82) is 0 Å². The molecule has 1 spiro atoms. The summed E-state index contributed by atoms with van der Waals surface area (Å²) < 4.78 is 27.3. The first-order chi connectivity index (χ1) is 13.6. The third-order valence-electron chi connectivity index (χ3n) is 6.18. The molecule has 152 valence electrons. The lowest BCUT2D eigenvalue weighted by Gasteiger charge is -2.36. The lowest BCUT2D eigenvalue weighted by atomic mass is 9.78. The van der Waals surface area contributed by atoms with Gasteiger partial charge in [-0.15, -0.1) is 0 Å².